The molecule has 1 aliphatic rings. The Balaban J connectivity index is 2.24. The van der Waals surface area contributed by atoms with Crippen LogP contribution >= 0.6 is 0 Å². The molecule has 1 aliphatic carbocycles. The third-order valence-electron chi connectivity index (χ3n) is 7.56. The summed E-state index contributed by atoms with van der Waals surface area (Å²) in [5.41, 5.74) is 9.91. The summed E-state index contributed by atoms with van der Waals surface area (Å²) in [4.78, 5) is 0. The maximum atomic E-state index is 2.47. The molecule has 0 heterocycles. The van der Waals surface area contributed by atoms with Gasteiger partial charge in [-0.1, -0.05) is 112 Å². The highest BCUT2D eigenvalue weighted by Gasteiger charge is 2.48. The highest BCUT2D eigenvalue weighted by Crippen LogP contribution is 2.41. The van der Waals surface area contributed by atoms with Crippen molar-refractivity contribution in [1.82, 2.24) is 0 Å². The molecule has 4 rings (SSSR count). The molecule has 3 aromatic carbocycles. The molecule has 0 saturated carbocycles. The Hall–Kier alpha value is -2.64. The van der Waals surface area contributed by atoms with Crippen molar-refractivity contribution in [3.8, 4) is 0 Å². The second-order valence-corrected chi connectivity index (χ2v) is 13.7. The lowest BCUT2D eigenvalue weighted by Gasteiger charge is -2.39. The van der Waals surface area contributed by atoms with E-state index in [1.165, 1.54) is 54.5 Å². The molecule has 0 aromatic heterocycles. The molecular weight excluding hydrogens is 400 g/mol. The average Bonchev–Trinajstić information content (AvgIpc) is 2.92. The second-order valence-electron chi connectivity index (χ2n) is 9.94. The maximum absolute atomic E-state index is 2.49. The van der Waals surface area contributed by atoms with E-state index in [2.05, 4.69) is 122 Å². The minimum atomic E-state index is -2.49. The van der Waals surface area contributed by atoms with Crippen LogP contribution in [0.5, 0.6) is 0 Å². The summed E-state index contributed by atoms with van der Waals surface area (Å²) in [5.74, 6) is 0.448. The van der Waals surface area contributed by atoms with Crippen LogP contribution in [-0.4, -0.2) is 8.07 Å². The van der Waals surface area contributed by atoms with E-state index in [0.29, 0.717) is 5.92 Å². The molecule has 164 valence electrons. The van der Waals surface area contributed by atoms with Gasteiger partial charge in [0.2, 0.25) is 0 Å². The van der Waals surface area contributed by atoms with E-state index >= 15 is 0 Å². The van der Waals surface area contributed by atoms with Crippen molar-refractivity contribution in [1.29, 1.82) is 0 Å². The molecule has 0 saturated heterocycles. The van der Waals surface area contributed by atoms with Gasteiger partial charge in [0.25, 0.3) is 0 Å². The molecule has 1 heteroatoms. The molecule has 32 heavy (non-hydrogen) atoms. The van der Waals surface area contributed by atoms with Crippen LogP contribution in [0.1, 0.15) is 49.9 Å². The van der Waals surface area contributed by atoms with Crippen LogP contribution in [0, 0.1) is 33.6 Å². The van der Waals surface area contributed by atoms with E-state index in [0.717, 1.165) is 0 Å². The predicted octanol–water partition coefficient (Wildman–Crippen LogP) is 6.23. The summed E-state index contributed by atoms with van der Waals surface area (Å²) in [5, 5.41) is 6.16. The van der Waals surface area contributed by atoms with Gasteiger partial charge in [0.05, 0.1) is 0 Å². The van der Waals surface area contributed by atoms with Crippen LogP contribution < -0.4 is 15.6 Å². The van der Waals surface area contributed by atoms with Gasteiger partial charge < -0.3 is 0 Å². The maximum Gasteiger partial charge on any atom is 0.176 e. The fourth-order valence-corrected chi connectivity index (χ4v) is 12.0. The molecule has 0 amide bonds. The number of hydrogen-bond donors (Lipinski definition) is 0. The van der Waals surface area contributed by atoms with Crippen LogP contribution in [-0.2, 0) is 0 Å². The van der Waals surface area contributed by atoms with Crippen LogP contribution in [0.15, 0.2) is 88.6 Å². The zero-order valence-corrected chi connectivity index (χ0v) is 21.9. The summed E-state index contributed by atoms with van der Waals surface area (Å²) in [6.07, 6.45) is 0. The normalized spacial score (nSPS) is 16.8. The molecule has 0 spiro atoms. The summed E-state index contributed by atoms with van der Waals surface area (Å²) < 4.78 is 0. The number of rotatable bonds is 4. The van der Waals surface area contributed by atoms with Gasteiger partial charge in [0.1, 0.15) is 0 Å². The van der Waals surface area contributed by atoms with Crippen molar-refractivity contribution in [2.75, 3.05) is 0 Å². The fourth-order valence-electron chi connectivity index (χ4n) is 6.01. The number of aryl methyl sites for hydroxylation is 4. The molecule has 0 fully saturated rings. The predicted molar refractivity (Wildman–Crippen MR) is 143 cm³/mol. The lowest BCUT2D eigenvalue weighted by atomic mass is 10.1. The standard InChI is InChI=1S/C31H36Si/c1-20-14-21(2)17-29(16-20)32(28-12-10-9-11-13-28,30-18-22(3)15-23(4)19-30)31-26(7)24(5)25(6)27(31)8/h9-19,26H,1-8H3. The number of hydrogen-bond acceptors (Lipinski definition) is 0. The topological polar surface area (TPSA) is 0 Å². The molecule has 0 nitrogen and oxygen atoms in total. The third-order valence-corrected chi connectivity index (χ3v) is 12.7. The van der Waals surface area contributed by atoms with Gasteiger partial charge >= 0.3 is 0 Å². The van der Waals surface area contributed by atoms with E-state index < -0.39 is 8.07 Å². The summed E-state index contributed by atoms with van der Waals surface area (Å²) >= 11 is 0. The zero-order chi connectivity index (χ0) is 23.2. The molecular formula is C31H36Si. The highest BCUT2D eigenvalue weighted by molar-refractivity contribution is 7.16. The minimum absolute atomic E-state index is 0.448. The van der Waals surface area contributed by atoms with Gasteiger partial charge in [0, 0.05) is 0 Å². The lowest BCUT2D eigenvalue weighted by molar-refractivity contribution is 0.851. The highest BCUT2D eigenvalue weighted by atomic mass is 28.3. The third kappa shape index (κ3) is 3.53. The summed E-state index contributed by atoms with van der Waals surface area (Å²) in [6.45, 7) is 18.4. The molecule has 0 bridgehead atoms. The Morgan fingerprint density at radius 1 is 0.531 bits per heavy atom. The molecule has 0 N–H and O–H groups in total. The number of benzene rings is 3. The van der Waals surface area contributed by atoms with Crippen molar-refractivity contribution >= 4 is 23.6 Å². The Bertz CT molecular complexity index is 1150. The SMILES string of the molecule is CC1=C(C)C(C)C([Si](c2ccccc2)(c2cc(C)cc(C)c2)c2cc(C)cc(C)c2)=C1C. The average molecular weight is 437 g/mol. The molecule has 0 aliphatic heterocycles. The van der Waals surface area contributed by atoms with Crippen molar-refractivity contribution in [3.05, 3.63) is 111 Å². The van der Waals surface area contributed by atoms with Gasteiger partial charge in [-0.05, 0) is 75.5 Å². The van der Waals surface area contributed by atoms with E-state index in [-0.39, 0.29) is 0 Å². The van der Waals surface area contributed by atoms with E-state index in [1.807, 2.05) is 0 Å². The Morgan fingerprint density at radius 2 is 0.969 bits per heavy atom. The first kappa shape index (κ1) is 22.5. The second kappa shape index (κ2) is 8.37. The van der Waals surface area contributed by atoms with Crippen molar-refractivity contribution in [3.63, 3.8) is 0 Å². The fraction of sp³-hybridized carbons (Fsp3) is 0.290. The smallest absolute Gasteiger partial charge is 0.0636 e. The van der Waals surface area contributed by atoms with Crippen LogP contribution in [0.3, 0.4) is 0 Å². The monoisotopic (exact) mass is 436 g/mol. The van der Waals surface area contributed by atoms with Crippen molar-refractivity contribution in [2.24, 2.45) is 5.92 Å². The van der Waals surface area contributed by atoms with Crippen LogP contribution in [0.2, 0.25) is 0 Å². The Labute approximate surface area is 195 Å². The molecule has 0 radical (unpaired) electrons. The number of allylic oxidation sites excluding steroid dienone is 4. The Kier molecular flexibility index (Phi) is 5.90. The lowest BCUT2D eigenvalue weighted by Crippen LogP contribution is -2.69. The van der Waals surface area contributed by atoms with E-state index in [4.69, 9.17) is 0 Å². The first-order valence-electron chi connectivity index (χ1n) is 11.8. The van der Waals surface area contributed by atoms with Crippen molar-refractivity contribution < 1.29 is 0 Å². The first-order chi connectivity index (χ1) is 15.2. The van der Waals surface area contributed by atoms with Gasteiger partial charge in [-0.15, -0.1) is 0 Å². The van der Waals surface area contributed by atoms with Gasteiger partial charge in [-0.2, -0.15) is 0 Å². The van der Waals surface area contributed by atoms with Crippen LogP contribution in [0.4, 0.5) is 0 Å². The van der Waals surface area contributed by atoms with Crippen LogP contribution in [0.25, 0.3) is 0 Å². The van der Waals surface area contributed by atoms with Gasteiger partial charge in [0.15, 0.2) is 8.07 Å². The van der Waals surface area contributed by atoms with Crippen molar-refractivity contribution in [2.45, 2.75) is 55.4 Å². The minimum Gasteiger partial charge on any atom is -0.0636 e. The molecule has 3 aromatic rings. The van der Waals surface area contributed by atoms with E-state index in [1.54, 1.807) is 5.20 Å². The quantitative estimate of drug-likeness (QED) is 0.336. The molecule has 1 unspecified atom stereocenters. The largest absolute Gasteiger partial charge is 0.176 e. The Morgan fingerprint density at radius 3 is 1.34 bits per heavy atom. The summed E-state index contributed by atoms with van der Waals surface area (Å²) in [7, 11) is -2.49. The van der Waals surface area contributed by atoms with Gasteiger partial charge in [-0.3, -0.25) is 0 Å². The summed E-state index contributed by atoms with van der Waals surface area (Å²) in [6, 6.07) is 25.9. The zero-order valence-electron chi connectivity index (χ0n) is 20.9. The van der Waals surface area contributed by atoms with E-state index in [9.17, 15) is 0 Å². The first-order valence-corrected chi connectivity index (χ1v) is 13.8. The van der Waals surface area contributed by atoms with Gasteiger partial charge in [-0.25, -0.2) is 0 Å². The molecule has 1 atom stereocenters.